The average Bonchev–Trinajstić information content (AvgIpc) is 3.12. The van der Waals surface area contributed by atoms with Crippen LogP contribution in [0.5, 0.6) is 0 Å². The van der Waals surface area contributed by atoms with E-state index >= 15 is 0 Å². The predicted molar refractivity (Wildman–Crippen MR) is 81.0 cm³/mol. The summed E-state index contributed by atoms with van der Waals surface area (Å²) in [6.07, 6.45) is 3.89. The summed E-state index contributed by atoms with van der Waals surface area (Å²) in [7, 11) is 0.0693. The zero-order chi connectivity index (χ0) is 13.1. The first-order valence-corrected chi connectivity index (χ1v) is 6.70. The van der Waals surface area contributed by atoms with Crippen molar-refractivity contribution in [2.75, 3.05) is 10.0 Å². The average molecular weight is 258 g/mol. The Kier molecular flexibility index (Phi) is 1.75. The Hall–Kier alpha value is -2.69. The van der Waals surface area contributed by atoms with E-state index in [0.717, 1.165) is 11.5 Å². The molecule has 0 radical (unpaired) electrons. The van der Waals surface area contributed by atoms with E-state index < -0.39 is 0 Å². The first-order chi connectivity index (χ1) is 9.93. The summed E-state index contributed by atoms with van der Waals surface area (Å²) in [5.74, 6) is 1.02. The molecule has 20 heavy (non-hydrogen) atoms. The first-order valence-electron chi connectivity index (χ1n) is 6.70. The molecule has 0 aliphatic carbocycles. The van der Waals surface area contributed by atoms with Gasteiger partial charge >= 0.3 is 7.12 Å². The lowest BCUT2D eigenvalue weighted by Gasteiger charge is -2.31. The second-order valence-corrected chi connectivity index (χ2v) is 5.08. The fourth-order valence-corrected chi connectivity index (χ4v) is 3.19. The van der Waals surface area contributed by atoms with E-state index in [0.29, 0.717) is 0 Å². The molecule has 0 unspecified atom stereocenters. The van der Waals surface area contributed by atoms with Gasteiger partial charge in [-0.3, -0.25) is 0 Å². The van der Waals surface area contributed by atoms with E-state index in [-0.39, 0.29) is 7.12 Å². The molecule has 0 bridgehead atoms. The minimum atomic E-state index is 0.0693. The van der Waals surface area contributed by atoms with Crippen LogP contribution in [0.1, 0.15) is 0 Å². The van der Waals surface area contributed by atoms with E-state index in [1.54, 1.807) is 0 Å². The van der Waals surface area contributed by atoms with Crippen molar-refractivity contribution in [2.24, 2.45) is 0 Å². The number of rotatable bonds is 0. The molecule has 2 aliphatic rings. The number of benzene rings is 2. The zero-order valence-electron chi connectivity index (χ0n) is 10.7. The number of imidazole rings is 1. The molecular weight excluding hydrogens is 247 g/mol. The van der Waals surface area contributed by atoms with Crippen LogP contribution < -0.4 is 10.0 Å². The van der Waals surface area contributed by atoms with E-state index in [2.05, 4.69) is 68.0 Å². The molecule has 4 nitrogen and oxygen atoms in total. The molecule has 5 heteroatoms. The number of hydrogen-bond acceptors (Lipinski definition) is 3. The molecule has 0 saturated heterocycles. The normalized spacial score (nSPS) is 14.2. The number of para-hydroxylation sites is 3. The molecule has 0 fully saturated rings. The van der Waals surface area contributed by atoms with Crippen LogP contribution in [-0.2, 0) is 0 Å². The minimum Gasteiger partial charge on any atom is -0.387 e. The van der Waals surface area contributed by atoms with E-state index in [9.17, 15) is 0 Å². The summed E-state index contributed by atoms with van der Waals surface area (Å²) < 4.78 is 2.18. The Morgan fingerprint density at radius 2 is 1.75 bits per heavy atom. The number of hydrogen-bond donors (Lipinski definition) is 1. The molecule has 5 rings (SSSR count). The highest BCUT2D eigenvalue weighted by Crippen LogP contribution is 2.45. The van der Waals surface area contributed by atoms with Crippen molar-refractivity contribution < 1.29 is 0 Å². The lowest BCUT2D eigenvalue weighted by atomic mass is 9.86. The molecule has 94 valence electrons. The van der Waals surface area contributed by atoms with Gasteiger partial charge in [-0.2, -0.15) is 0 Å². The lowest BCUT2D eigenvalue weighted by molar-refractivity contribution is 1.12. The summed E-state index contributed by atoms with van der Waals surface area (Å²) in [6.45, 7) is 0. The fourth-order valence-electron chi connectivity index (χ4n) is 3.19. The van der Waals surface area contributed by atoms with Crippen LogP contribution in [0.15, 0.2) is 60.9 Å². The SMILES string of the molecule is c1ccc2c(c1)NB1N2c2ccccc2-c2nccn21. The van der Waals surface area contributed by atoms with Crippen molar-refractivity contribution in [2.45, 2.75) is 0 Å². The summed E-state index contributed by atoms with van der Waals surface area (Å²) in [5, 5.41) is 3.57. The lowest BCUT2D eigenvalue weighted by Crippen LogP contribution is -2.47. The monoisotopic (exact) mass is 258 g/mol. The third-order valence-electron chi connectivity index (χ3n) is 4.03. The van der Waals surface area contributed by atoms with E-state index in [1.807, 2.05) is 12.4 Å². The van der Waals surface area contributed by atoms with Gasteiger partial charge in [-0.1, -0.05) is 24.3 Å². The van der Waals surface area contributed by atoms with Crippen molar-refractivity contribution in [3.8, 4) is 11.4 Å². The molecule has 2 aromatic carbocycles. The Morgan fingerprint density at radius 3 is 2.70 bits per heavy atom. The van der Waals surface area contributed by atoms with Gasteiger partial charge in [0.15, 0.2) is 0 Å². The summed E-state index contributed by atoms with van der Waals surface area (Å²) >= 11 is 0. The third kappa shape index (κ3) is 1.10. The molecular formula is C15H11BN4. The number of aromatic nitrogens is 2. The maximum absolute atomic E-state index is 4.52. The van der Waals surface area contributed by atoms with E-state index in [1.165, 1.54) is 16.9 Å². The standard InChI is InChI=1S/C15H11BN4/c1-3-7-13-11(5-1)15-17-9-10-19(15)16-18-12-6-2-4-8-14(12)20(13)16/h1-10,18H. The quantitative estimate of drug-likeness (QED) is 0.629. The van der Waals surface area contributed by atoms with Crippen LogP contribution in [-0.4, -0.2) is 16.6 Å². The van der Waals surface area contributed by atoms with Crippen LogP contribution in [0, 0.1) is 0 Å². The molecule has 0 saturated carbocycles. The number of nitrogens with zero attached hydrogens (tertiary/aromatic N) is 3. The van der Waals surface area contributed by atoms with Crippen molar-refractivity contribution in [3.05, 3.63) is 60.9 Å². The molecule has 1 N–H and O–H groups in total. The van der Waals surface area contributed by atoms with Gasteiger partial charge in [-0.15, -0.1) is 0 Å². The van der Waals surface area contributed by atoms with Gasteiger partial charge in [-0.05, 0) is 24.3 Å². The molecule has 2 aliphatic heterocycles. The highest BCUT2D eigenvalue weighted by atomic mass is 15.3. The van der Waals surface area contributed by atoms with Gasteiger partial charge in [0.2, 0.25) is 0 Å². The van der Waals surface area contributed by atoms with Crippen LogP contribution in [0.2, 0.25) is 0 Å². The molecule has 3 aromatic rings. The van der Waals surface area contributed by atoms with Gasteiger partial charge in [0.05, 0.1) is 5.69 Å². The highest BCUT2D eigenvalue weighted by molar-refractivity contribution is 6.70. The maximum atomic E-state index is 4.52. The van der Waals surface area contributed by atoms with Gasteiger partial charge in [0.25, 0.3) is 0 Å². The number of nitrogens with one attached hydrogen (secondary N) is 1. The zero-order valence-corrected chi connectivity index (χ0v) is 10.7. The van der Waals surface area contributed by atoms with Crippen molar-refractivity contribution in [1.82, 2.24) is 9.46 Å². The van der Waals surface area contributed by atoms with Crippen molar-refractivity contribution in [3.63, 3.8) is 0 Å². The molecule has 0 atom stereocenters. The largest absolute Gasteiger partial charge is 0.512 e. The first kappa shape index (κ1) is 10.1. The molecule has 3 heterocycles. The van der Waals surface area contributed by atoms with Crippen LogP contribution >= 0.6 is 0 Å². The van der Waals surface area contributed by atoms with Gasteiger partial charge in [0, 0.05) is 29.3 Å². The number of anilines is 3. The van der Waals surface area contributed by atoms with Gasteiger partial charge < -0.3 is 14.5 Å². The number of fused-ring (bicyclic) bond motifs is 8. The second-order valence-electron chi connectivity index (χ2n) is 5.08. The van der Waals surface area contributed by atoms with E-state index in [4.69, 9.17) is 0 Å². The maximum Gasteiger partial charge on any atom is 0.512 e. The van der Waals surface area contributed by atoms with Crippen molar-refractivity contribution in [1.29, 1.82) is 0 Å². The topological polar surface area (TPSA) is 33.1 Å². The Morgan fingerprint density at radius 1 is 0.950 bits per heavy atom. The third-order valence-corrected chi connectivity index (χ3v) is 4.03. The summed E-state index contributed by atoms with van der Waals surface area (Å²) in [5.41, 5.74) is 4.75. The minimum absolute atomic E-state index is 0.0693. The molecule has 1 aromatic heterocycles. The van der Waals surface area contributed by atoms with Gasteiger partial charge in [0.1, 0.15) is 5.82 Å². The highest BCUT2D eigenvalue weighted by Gasteiger charge is 2.42. The Balaban J connectivity index is 1.85. The predicted octanol–water partition coefficient (Wildman–Crippen LogP) is 2.96. The smallest absolute Gasteiger partial charge is 0.387 e. The summed E-state index contributed by atoms with van der Waals surface area (Å²) in [6, 6.07) is 16.8. The Bertz CT molecular complexity index is 826. The summed E-state index contributed by atoms with van der Waals surface area (Å²) in [4.78, 5) is 6.85. The Labute approximate surface area is 116 Å². The molecule has 0 amide bonds. The van der Waals surface area contributed by atoms with Crippen LogP contribution in [0.25, 0.3) is 11.4 Å². The fraction of sp³-hybridized carbons (Fsp3) is 0. The van der Waals surface area contributed by atoms with Gasteiger partial charge in [-0.25, -0.2) is 4.98 Å². The second kappa shape index (κ2) is 3.45. The van der Waals surface area contributed by atoms with Crippen LogP contribution in [0.4, 0.5) is 17.1 Å². The van der Waals surface area contributed by atoms with Crippen molar-refractivity contribution >= 4 is 24.2 Å². The molecule has 0 spiro atoms. The van der Waals surface area contributed by atoms with Crippen LogP contribution in [0.3, 0.4) is 0 Å².